The Morgan fingerprint density at radius 3 is 2.22 bits per heavy atom. The van der Waals surface area contributed by atoms with Gasteiger partial charge in [-0.3, -0.25) is 23.7 Å². The highest BCUT2D eigenvalue weighted by Gasteiger charge is 2.53. The zero-order valence-electron chi connectivity index (χ0n) is 43.4. The van der Waals surface area contributed by atoms with Gasteiger partial charge in [-0.25, -0.2) is 4.79 Å². The van der Waals surface area contributed by atoms with Crippen molar-refractivity contribution in [1.29, 1.82) is 0 Å². The fourth-order valence-electron chi connectivity index (χ4n) is 10.5. The van der Waals surface area contributed by atoms with Gasteiger partial charge < -0.3 is 43.3 Å². The van der Waals surface area contributed by atoms with Crippen LogP contribution in [-0.4, -0.2) is 140 Å². The van der Waals surface area contributed by atoms with E-state index in [1.807, 2.05) is 58.1 Å². The average Bonchev–Trinajstić information content (AvgIpc) is 3.30. The molecule has 16 heteroatoms. The number of hydrogen-bond donors (Lipinski definition) is 2. The van der Waals surface area contributed by atoms with Crippen molar-refractivity contribution in [2.45, 2.75) is 180 Å². The number of ketones is 3. The number of hydrogen-bond acceptors (Lipinski definition) is 14. The molecule has 0 spiro atoms. The van der Waals surface area contributed by atoms with Crippen molar-refractivity contribution in [2.24, 2.45) is 35.5 Å². The Morgan fingerprint density at radius 1 is 0.855 bits per heavy atom. The Hall–Kier alpha value is -3.14. The zero-order chi connectivity index (χ0) is 51.4. The van der Waals surface area contributed by atoms with Gasteiger partial charge in [0, 0.05) is 71.8 Å². The van der Waals surface area contributed by atoms with Crippen LogP contribution in [0.2, 0.25) is 0 Å². The maximum absolute atomic E-state index is 14.5. The molecule has 69 heavy (non-hydrogen) atoms. The molecule has 1 amide bonds. The number of allylic oxidation sites excluding steroid dienone is 6. The number of cyclic esters (lactones) is 1. The van der Waals surface area contributed by atoms with E-state index in [2.05, 4.69) is 0 Å². The lowest BCUT2D eigenvalue weighted by molar-refractivity contribution is -0.265. The highest BCUT2D eigenvalue weighted by Crippen LogP contribution is 2.45. The number of rotatable bonds is 8. The summed E-state index contributed by atoms with van der Waals surface area (Å²) in [6, 6.07) is -1.16. The Kier molecular flexibility index (Phi) is 22.5. The van der Waals surface area contributed by atoms with Crippen LogP contribution in [0, 0.1) is 35.5 Å². The number of methoxy groups -OCH3 is 3. The molecule has 2 unspecified atom stereocenters. The van der Waals surface area contributed by atoms with Crippen LogP contribution in [0.4, 0.5) is 0 Å². The van der Waals surface area contributed by atoms with Gasteiger partial charge in [0.15, 0.2) is 13.2 Å². The van der Waals surface area contributed by atoms with Crippen LogP contribution in [0.1, 0.15) is 126 Å². The van der Waals surface area contributed by atoms with Crippen molar-refractivity contribution in [3.8, 4) is 0 Å². The van der Waals surface area contributed by atoms with Gasteiger partial charge in [-0.2, -0.15) is 0 Å². The third-order valence-corrected chi connectivity index (χ3v) is 15.6. The van der Waals surface area contributed by atoms with Crippen LogP contribution < -0.4 is 0 Å². The summed E-state index contributed by atoms with van der Waals surface area (Å²) >= 11 is 0. The lowest BCUT2D eigenvalue weighted by Gasteiger charge is -2.42. The second-order valence-electron chi connectivity index (χ2n) is 20.9. The summed E-state index contributed by atoms with van der Waals surface area (Å²) in [6.07, 6.45) is 11.4. The molecule has 0 aromatic heterocycles. The number of piperidine rings is 1. The number of nitrogens with zero attached hydrogens (tertiary/aromatic N) is 1. The van der Waals surface area contributed by atoms with Crippen molar-refractivity contribution in [3.63, 3.8) is 0 Å². The second-order valence-corrected chi connectivity index (χ2v) is 23.6. The smallest absolute Gasteiger partial charge is 0.329 e. The van der Waals surface area contributed by atoms with E-state index in [0.717, 1.165) is 12.0 Å². The molecule has 0 aromatic rings. The third-order valence-electron chi connectivity index (χ3n) is 14.8. The normalized spacial score (nSPS) is 37.8. The predicted molar refractivity (Wildman–Crippen MR) is 263 cm³/mol. The quantitative estimate of drug-likeness (QED) is 0.104. The summed E-state index contributed by atoms with van der Waals surface area (Å²) in [5.74, 6) is -8.11. The fraction of sp³-hybridized carbons (Fsp3) is 0.755. The van der Waals surface area contributed by atoms with Gasteiger partial charge in [0.2, 0.25) is 5.79 Å². The summed E-state index contributed by atoms with van der Waals surface area (Å²) in [7, 11) is 1.76. The molecule has 0 radical (unpaired) electrons. The molecule has 2 saturated heterocycles. The molecule has 15 atom stereocenters. The van der Waals surface area contributed by atoms with Crippen molar-refractivity contribution in [3.05, 3.63) is 47.6 Å². The molecule has 1 aliphatic carbocycles. The maximum atomic E-state index is 14.5. The summed E-state index contributed by atoms with van der Waals surface area (Å²) in [5, 5.41) is 23.5. The van der Waals surface area contributed by atoms with Gasteiger partial charge in [-0.1, -0.05) is 71.1 Å². The third kappa shape index (κ3) is 16.2. The van der Waals surface area contributed by atoms with E-state index in [0.29, 0.717) is 63.4 Å². The minimum atomic E-state index is -2.79. The first kappa shape index (κ1) is 58.4. The molecule has 2 N–H and O–H groups in total. The van der Waals surface area contributed by atoms with Gasteiger partial charge in [0.05, 0.1) is 24.4 Å². The summed E-state index contributed by atoms with van der Waals surface area (Å²) in [6.45, 7) is 15.9. The number of aliphatic hydroxyl groups excluding tert-OH is 1. The van der Waals surface area contributed by atoms with Gasteiger partial charge >= 0.3 is 5.97 Å². The lowest BCUT2D eigenvalue weighted by Crippen LogP contribution is -2.61. The van der Waals surface area contributed by atoms with Crippen LogP contribution in [0.15, 0.2) is 47.6 Å². The average molecular weight is 990 g/mol. The number of aliphatic hydroxyl groups is 2. The van der Waals surface area contributed by atoms with Crippen molar-refractivity contribution >= 4 is 36.6 Å². The van der Waals surface area contributed by atoms with E-state index in [4.69, 9.17) is 28.2 Å². The van der Waals surface area contributed by atoms with E-state index in [9.17, 15) is 38.8 Å². The number of carbonyl (C=O) groups excluding carboxylic acids is 5. The number of fused-ring (bicyclic) bond motifs is 3. The van der Waals surface area contributed by atoms with E-state index in [-0.39, 0.29) is 60.9 Å². The second kappa shape index (κ2) is 26.5. The molecule has 15 nitrogen and oxygen atoms in total. The molecule has 2 bridgehead atoms. The van der Waals surface area contributed by atoms with Gasteiger partial charge in [0.1, 0.15) is 30.1 Å². The minimum absolute atomic E-state index is 0.0117. The molecule has 0 aromatic carbocycles. The van der Waals surface area contributed by atoms with Crippen molar-refractivity contribution < 1.29 is 67.0 Å². The molecule has 390 valence electrons. The van der Waals surface area contributed by atoms with Crippen molar-refractivity contribution in [1.82, 2.24) is 4.90 Å². The summed E-state index contributed by atoms with van der Waals surface area (Å²) < 4.78 is 48.2. The summed E-state index contributed by atoms with van der Waals surface area (Å²) in [5.41, 5.74) is 1.25. The van der Waals surface area contributed by atoms with Crippen LogP contribution >= 0.6 is 7.37 Å². The summed E-state index contributed by atoms with van der Waals surface area (Å²) in [4.78, 5) is 72.2. The molecule has 3 aliphatic heterocycles. The first-order valence-electron chi connectivity index (χ1n) is 25.2. The highest BCUT2D eigenvalue weighted by atomic mass is 31.2. The molecular formula is C53H84NO14P. The number of amides is 1. The van der Waals surface area contributed by atoms with Crippen LogP contribution in [-0.2, 0) is 56.7 Å². The SMILES string of the molecule is CO[C@H]1C[C@@H]2CC[C@@H](C)[C@@](O)(O2)C(=O)C(=O)N2CCCC[C@H]2C(=O)O[C@H]([C@H](C)CC2CCC(OP(C)(C)=O)[C@H](OC)C2)CC(=O)[C@H](C)/C=C(\C)[C@@H](O)[C@@H](OC)C(=O)[C@H](C)C[C@H](C)/C=C/C=CC=C1C. The van der Waals surface area contributed by atoms with E-state index in [1.165, 1.54) is 12.0 Å². The number of carbonyl (C=O) groups is 5. The van der Waals surface area contributed by atoms with E-state index < -0.39 is 85.1 Å². The molecular weight excluding hydrogens is 906 g/mol. The maximum Gasteiger partial charge on any atom is 0.329 e. The number of esters is 1. The molecule has 4 rings (SSSR count). The van der Waals surface area contributed by atoms with Crippen LogP contribution in [0.25, 0.3) is 0 Å². The number of Topliss-reactive ketones (excluding diaryl/α,β-unsaturated/α-hetero) is 3. The van der Waals surface area contributed by atoms with E-state index >= 15 is 0 Å². The lowest BCUT2D eigenvalue weighted by atomic mass is 9.78. The van der Waals surface area contributed by atoms with E-state index in [1.54, 1.807) is 54.4 Å². The first-order chi connectivity index (χ1) is 32.4. The molecule has 3 fully saturated rings. The first-order valence-corrected chi connectivity index (χ1v) is 27.7. The Morgan fingerprint density at radius 2 is 1.57 bits per heavy atom. The zero-order valence-corrected chi connectivity index (χ0v) is 44.3. The Labute approximate surface area is 411 Å². The van der Waals surface area contributed by atoms with Gasteiger partial charge in [-0.15, -0.1) is 0 Å². The Bertz CT molecular complexity index is 1940. The molecule has 3 heterocycles. The predicted octanol–water partition coefficient (Wildman–Crippen LogP) is 7.74. The Balaban J connectivity index is 1.70. The van der Waals surface area contributed by atoms with Crippen molar-refractivity contribution in [2.75, 3.05) is 41.2 Å². The highest BCUT2D eigenvalue weighted by molar-refractivity contribution is 7.57. The largest absolute Gasteiger partial charge is 0.460 e. The van der Waals surface area contributed by atoms with Crippen LogP contribution in [0.3, 0.4) is 0 Å². The van der Waals surface area contributed by atoms with Gasteiger partial charge in [0.25, 0.3) is 11.7 Å². The standard InChI is InChI=1S/C53H84NO14P/c1-32-18-14-13-15-19-33(2)44(63-8)30-40-23-21-38(7)53(61,67-40)50(58)51(59)54-25-17-16-20-41(54)52(60)66-45(35(4)28-39-22-24-43(46(29-39)64-9)68-69(11,12)62)31-42(55)34(3)27-37(6)48(57)49(65-10)47(56)36(5)26-32/h13-15,18-19,27,32,34-36,38-41,43-46,48-49,57,61H,16-17,20-26,28-31H2,1-12H3/b15-13?,18-14+,33-19?,37-27+/t32-,34-,35-,36-,38-,39?,40+,41+,43?,44+,45+,46-,48-,49+,53-/m1/s1. The van der Waals surface area contributed by atoms with Crippen LogP contribution in [0.5, 0.6) is 0 Å². The van der Waals surface area contributed by atoms with Gasteiger partial charge in [-0.05, 0) is 107 Å². The monoisotopic (exact) mass is 990 g/mol. The molecule has 4 aliphatic rings. The minimum Gasteiger partial charge on any atom is -0.460 e. The molecule has 1 saturated carbocycles. The number of ether oxygens (including phenoxy) is 5. The fourth-order valence-corrected chi connectivity index (χ4v) is 11.4. The topological polar surface area (TPSA) is 201 Å².